The molecule has 4 heterocycles. The molecule has 2 aliphatic heterocycles. The normalized spacial score (nSPS) is 21.2. The second-order valence-corrected chi connectivity index (χ2v) is 24.1. The number of benzene rings is 4. The molecule has 2 aromatic heterocycles. The van der Waals surface area contributed by atoms with Crippen LogP contribution in [0.15, 0.2) is 114 Å². The summed E-state index contributed by atoms with van der Waals surface area (Å²) in [5.74, 6) is 1.000. The zero-order valence-electron chi connectivity index (χ0n) is 44.6. The maximum absolute atomic E-state index is 14.1. The first-order chi connectivity index (χ1) is 37.0. The summed E-state index contributed by atoms with van der Waals surface area (Å²) >= 11 is 0. The van der Waals surface area contributed by atoms with Crippen LogP contribution in [-0.2, 0) is 21.3 Å². The van der Waals surface area contributed by atoms with E-state index in [1.165, 1.54) is 28.8 Å². The van der Waals surface area contributed by atoms with Gasteiger partial charge in [-0.25, -0.2) is 18.1 Å². The third-order valence-electron chi connectivity index (χ3n) is 16.6. The van der Waals surface area contributed by atoms with Crippen LogP contribution in [0.2, 0.25) is 0 Å². The lowest BCUT2D eigenvalue weighted by molar-refractivity contribution is -0.384. The van der Waals surface area contributed by atoms with Crippen molar-refractivity contribution in [3.8, 4) is 17.2 Å². The predicted molar refractivity (Wildman–Crippen MR) is 297 cm³/mol. The van der Waals surface area contributed by atoms with Crippen molar-refractivity contribution in [2.45, 2.75) is 107 Å². The highest BCUT2D eigenvalue weighted by Crippen LogP contribution is 2.53. The van der Waals surface area contributed by atoms with Crippen molar-refractivity contribution in [2.24, 2.45) is 11.3 Å². The number of anilines is 2. The van der Waals surface area contributed by atoms with Crippen LogP contribution in [0.25, 0.3) is 11.0 Å². The van der Waals surface area contributed by atoms with E-state index in [1.807, 2.05) is 19.1 Å². The van der Waals surface area contributed by atoms with Crippen LogP contribution in [0.3, 0.4) is 0 Å². The summed E-state index contributed by atoms with van der Waals surface area (Å²) in [4.78, 5) is 40.6. The number of aromatic amines is 1. The molecule has 4 aromatic carbocycles. The SMILES string of the molecule is COCCOc1ccc(CN2CCN(C3CC4(CCN(c5ccc(C(=O)NS(=O)(=O)c6ccc(NC[C@H]7CC[C@](C)(O)CC7)c([N+](=O)[O-])c6)c(Oc6cnc7[nH]ccc7c6)c5)CC4)C3)C(c3ccccc3C(C)C)C2)cc1. The number of nitro benzene ring substituents is 1. The van der Waals surface area contributed by atoms with E-state index >= 15 is 0 Å². The van der Waals surface area contributed by atoms with Gasteiger partial charge in [0.15, 0.2) is 0 Å². The zero-order valence-corrected chi connectivity index (χ0v) is 45.4. The number of amides is 1. The predicted octanol–water partition coefficient (Wildman–Crippen LogP) is 10.2. The Balaban J connectivity index is 0.818. The molecular formula is C59H72N8O9S. The molecule has 18 heteroatoms. The number of nitrogens with zero attached hydrogens (tertiary/aromatic N) is 5. The minimum Gasteiger partial charge on any atom is -0.491 e. The Hall–Kier alpha value is -6.57. The largest absolute Gasteiger partial charge is 0.491 e. The number of carbonyl (C=O) groups excluding carboxylic acids is 1. The van der Waals surface area contributed by atoms with E-state index in [0.717, 1.165) is 101 Å². The molecule has 17 nitrogen and oxygen atoms in total. The lowest BCUT2D eigenvalue weighted by Gasteiger charge is -2.58. The molecule has 1 atom stereocenters. The number of hydrogen-bond acceptors (Lipinski definition) is 14. The number of aliphatic hydroxyl groups is 1. The smallest absolute Gasteiger partial charge is 0.293 e. The lowest BCUT2D eigenvalue weighted by Crippen LogP contribution is -2.60. The Labute approximate surface area is 451 Å². The monoisotopic (exact) mass is 1070 g/mol. The number of aromatic nitrogens is 2. The van der Waals surface area contributed by atoms with Crippen molar-refractivity contribution >= 4 is 44.0 Å². The van der Waals surface area contributed by atoms with Gasteiger partial charge in [-0.05, 0) is 141 Å². The number of piperidine rings is 1. The summed E-state index contributed by atoms with van der Waals surface area (Å²) in [7, 11) is -2.92. The minimum absolute atomic E-state index is 0.0315. The third-order valence-corrected chi connectivity index (χ3v) is 18.0. The van der Waals surface area contributed by atoms with E-state index in [2.05, 4.69) is 97.1 Å². The highest BCUT2D eigenvalue weighted by Gasteiger charge is 2.50. The summed E-state index contributed by atoms with van der Waals surface area (Å²) in [6.45, 7) is 13.3. The second-order valence-electron chi connectivity index (χ2n) is 22.4. The van der Waals surface area contributed by atoms with Crippen molar-refractivity contribution < 1.29 is 37.5 Å². The minimum atomic E-state index is -4.59. The molecular weight excluding hydrogens is 997 g/mol. The number of methoxy groups -OCH3 is 1. The summed E-state index contributed by atoms with van der Waals surface area (Å²) < 4.78 is 47.3. The van der Waals surface area contributed by atoms with Gasteiger partial charge in [0.05, 0.1) is 33.8 Å². The van der Waals surface area contributed by atoms with E-state index in [9.17, 15) is 28.4 Å². The fourth-order valence-corrected chi connectivity index (χ4v) is 13.1. The fraction of sp³-hybridized carbons (Fsp3) is 0.458. The first kappa shape index (κ1) is 53.8. The molecule has 4 fully saturated rings. The van der Waals surface area contributed by atoms with Crippen LogP contribution in [-0.4, -0.2) is 115 Å². The summed E-state index contributed by atoms with van der Waals surface area (Å²) in [5, 5.41) is 26.5. The molecule has 408 valence electrons. The summed E-state index contributed by atoms with van der Waals surface area (Å²) in [5.41, 5.74) is 4.82. The van der Waals surface area contributed by atoms with Crippen LogP contribution in [0.5, 0.6) is 17.2 Å². The Bertz CT molecular complexity index is 3160. The van der Waals surface area contributed by atoms with E-state index in [4.69, 9.17) is 14.2 Å². The van der Waals surface area contributed by atoms with Gasteiger partial charge in [-0.3, -0.25) is 24.7 Å². The number of fused-ring (bicyclic) bond motifs is 1. The highest BCUT2D eigenvalue weighted by atomic mass is 32.2. The first-order valence-electron chi connectivity index (χ1n) is 27.1. The maximum atomic E-state index is 14.1. The van der Waals surface area contributed by atoms with Gasteiger partial charge in [-0.1, -0.05) is 50.2 Å². The fourth-order valence-electron chi connectivity index (χ4n) is 12.1. The van der Waals surface area contributed by atoms with Crippen LogP contribution in [0.4, 0.5) is 17.1 Å². The maximum Gasteiger partial charge on any atom is 0.293 e. The number of carbonyl (C=O) groups is 1. The van der Waals surface area contributed by atoms with Gasteiger partial charge in [0.2, 0.25) is 0 Å². The number of rotatable bonds is 19. The van der Waals surface area contributed by atoms with Gasteiger partial charge in [0.25, 0.3) is 21.6 Å². The first-order valence-corrected chi connectivity index (χ1v) is 28.6. The third kappa shape index (κ3) is 12.4. The van der Waals surface area contributed by atoms with Crippen molar-refractivity contribution in [1.82, 2.24) is 24.5 Å². The molecule has 4 N–H and O–H groups in total. The Morgan fingerprint density at radius 3 is 2.43 bits per heavy atom. The van der Waals surface area contributed by atoms with Gasteiger partial charge in [-0.2, -0.15) is 0 Å². The van der Waals surface area contributed by atoms with E-state index in [1.54, 1.807) is 37.7 Å². The van der Waals surface area contributed by atoms with E-state index < -0.39 is 37.0 Å². The van der Waals surface area contributed by atoms with Gasteiger partial charge in [-0.15, -0.1) is 0 Å². The van der Waals surface area contributed by atoms with Crippen LogP contribution >= 0.6 is 0 Å². The topological polar surface area (TPSA) is 205 Å². The second kappa shape index (κ2) is 22.8. The van der Waals surface area contributed by atoms with Crippen molar-refractivity contribution in [3.63, 3.8) is 0 Å². The van der Waals surface area contributed by atoms with Crippen molar-refractivity contribution in [2.75, 3.05) is 69.8 Å². The van der Waals surface area contributed by atoms with Crippen LogP contribution in [0.1, 0.15) is 111 Å². The van der Waals surface area contributed by atoms with Crippen molar-refractivity contribution in [1.29, 1.82) is 0 Å². The summed E-state index contributed by atoms with van der Waals surface area (Å²) in [6.07, 6.45) is 10.4. The number of H-pyrrole nitrogens is 1. The number of nitro groups is 1. The average molecular weight is 1070 g/mol. The molecule has 2 saturated carbocycles. The molecule has 10 rings (SSSR count). The number of piperazine rings is 1. The molecule has 77 heavy (non-hydrogen) atoms. The molecule has 1 unspecified atom stereocenters. The van der Waals surface area contributed by atoms with Crippen molar-refractivity contribution in [3.05, 3.63) is 142 Å². The summed E-state index contributed by atoms with van der Waals surface area (Å²) in [6, 6.07) is 30.6. The molecule has 1 spiro atoms. The molecule has 1 amide bonds. The molecule has 4 aliphatic rings. The number of nitrogens with one attached hydrogen (secondary N) is 3. The molecule has 0 radical (unpaired) electrons. The van der Waals surface area contributed by atoms with Crippen LogP contribution in [0, 0.1) is 21.4 Å². The molecule has 0 bridgehead atoms. The molecule has 2 saturated heterocycles. The van der Waals surface area contributed by atoms with Gasteiger partial charge >= 0.3 is 0 Å². The van der Waals surface area contributed by atoms with Gasteiger partial charge < -0.3 is 34.5 Å². The standard InChI is InChI=1S/C59H72N8O9S/c1-40(2)49-7-5-6-8-50(49)54-39-64(38-42-9-12-46(13-10-42)75-30-29-74-4)27-28-66(54)45-34-59(35-45)22-25-65(26-23-59)44-11-15-51(55(32-44)76-47-31-43-19-24-60-56(43)62-37-47)57(68)63-77(72,73)48-14-16-52(53(33-48)67(70)71)61-36-41-17-20-58(3,69)21-18-41/h5-16,19,24,31-33,37,40-41,45,54,61,69H,17-18,20-23,25-30,34-36,38-39H2,1-4H3,(H,60,62)(H,63,68)/t41-,54?,58-. The van der Waals surface area contributed by atoms with E-state index in [-0.39, 0.29) is 34.4 Å². The Morgan fingerprint density at radius 1 is 0.922 bits per heavy atom. The Morgan fingerprint density at radius 2 is 1.69 bits per heavy atom. The number of sulfonamides is 1. The molecule has 2 aliphatic carbocycles. The molecule has 6 aromatic rings. The quantitative estimate of drug-likeness (QED) is 0.0339. The number of hydrogen-bond donors (Lipinski definition) is 4. The van der Waals surface area contributed by atoms with Crippen LogP contribution < -0.4 is 24.4 Å². The van der Waals surface area contributed by atoms with E-state index in [0.29, 0.717) is 56.0 Å². The lowest BCUT2D eigenvalue weighted by atomic mass is 9.59. The number of pyridine rings is 1. The van der Waals surface area contributed by atoms with Gasteiger partial charge in [0, 0.05) is 94.4 Å². The zero-order chi connectivity index (χ0) is 53.9. The number of ether oxygens (including phenoxy) is 3. The average Bonchev–Trinajstić information content (AvgIpc) is 3.90. The Kier molecular flexibility index (Phi) is 15.9. The highest BCUT2D eigenvalue weighted by molar-refractivity contribution is 7.90. The van der Waals surface area contributed by atoms with Gasteiger partial charge in [0.1, 0.15) is 35.2 Å².